The Bertz CT molecular complexity index is 1640. The number of benzene rings is 4. The third kappa shape index (κ3) is 13.1. The van der Waals surface area contributed by atoms with Gasteiger partial charge in [-0.2, -0.15) is 0 Å². The second kappa shape index (κ2) is 23.3. The molecule has 1 heterocycles. The predicted octanol–water partition coefficient (Wildman–Crippen LogP) is 11.6. The van der Waals surface area contributed by atoms with Crippen molar-refractivity contribution >= 4 is 5.91 Å². The van der Waals surface area contributed by atoms with Crippen LogP contribution >= 0.6 is 0 Å². The average Bonchev–Trinajstić information content (AvgIpc) is 3.23. The molecule has 4 atom stereocenters. The molecule has 0 unspecified atom stereocenters. The quantitative estimate of drug-likeness (QED) is 0.0740. The van der Waals surface area contributed by atoms with Crippen molar-refractivity contribution < 1.29 is 19.4 Å². The second-order valence-corrected chi connectivity index (χ2v) is 15.5. The summed E-state index contributed by atoms with van der Waals surface area (Å²) in [5, 5.41) is 12.8. The number of nitrogens with zero attached hydrogens (tertiary/aromatic N) is 1. The molecule has 4 aromatic carbocycles. The van der Waals surface area contributed by atoms with Crippen LogP contribution in [-0.4, -0.2) is 41.7 Å². The van der Waals surface area contributed by atoms with E-state index in [0.29, 0.717) is 12.1 Å². The lowest BCUT2D eigenvalue weighted by Gasteiger charge is -2.43. The van der Waals surface area contributed by atoms with Crippen molar-refractivity contribution in [3.63, 3.8) is 0 Å². The monoisotopic (exact) mass is 747 g/mol. The summed E-state index contributed by atoms with van der Waals surface area (Å²) in [6.07, 6.45) is 14.9. The predicted molar refractivity (Wildman–Crippen MR) is 226 cm³/mol. The first-order valence-corrected chi connectivity index (χ1v) is 21.2. The number of rotatable bonds is 23. The molecule has 0 aromatic heterocycles. The fraction of sp³-hybridized carbons (Fsp3) is 0.490. The fourth-order valence-corrected chi connectivity index (χ4v) is 7.75. The highest BCUT2D eigenvalue weighted by Crippen LogP contribution is 2.42. The SMILES string of the molecule is CCCCCCCCN(CCCCCCCC)C[C@H]1O[C@@H](c2ccc(-c3ccccc3CNC(=O)c3ccccc3)cc2)O[C@@H](c2ccc(CO)cc2)[C@H]1C. The summed E-state index contributed by atoms with van der Waals surface area (Å²) in [4.78, 5) is 15.5. The van der Waals surface area contributed by atoms with E-state index in [1.54, 1.807) is 0 Å². The van der Waals surface area contributed by atoms with Crippen molar-refractivity contribution in [3.05, 3.63) is 131 Å². The third-order valence-electron chi connectivity index (χ3n) is 11.2. The molecule has 1 amide bonds. The summed E-state index contributed by atoms with van der Waals surface area (Å²) in [5.41, 5.74) is 6.88. The average molecular weight is 747 g/mol. The van der Waals surface area contributed by atoms with Gasteiger partial charge < -0.3 is 24.8 Å². The summed E-state index contributed by atoms with van der Waals surface area (Å²) < 4.78 is 13.8. The molecule has 1 saturated heterocycles. The van der Waals surface area contributed by atoms with E-state index in [4.69, 9.17) is 9.47 Å². The number of hydrogen-bond acceptors (Lipinski definition) is 5. The van der Waals surface area contributed by atoms with Gasteiger partial charge in [-0.1, -0.05) is 176 Å². The van der Waals surface area contributed by atoms with E-state index in [1.807, 2.05) is 54.6 Å². The second-order valence-electron chi connectivity index (χ2n) is 15.5. The number of ether oxygens (including phenoxy) is 2. The first-order valence-electron chi connectivity index (χ1n) is 21.2. The van der Waals surface area contributed by atoms with Crippen LogP contribution in [0.4, 0.5) is 0 Å². The zero-order valence-corrected chi connectivity index (χ0v) is 33.8. The lowest BCUT2D eigenvalue weighted by Crippen LogP contribution is -2.45. The molecule has 6 heteroatoms. The van der Waals surface area contributed by atoms with E-state index in [1.165, 1.54) is 77.0 Å². The zero-order valence-electron chi connectivity index (χ0n) is 33.8. The minimum atomic E-state index is -0.511. The van der Waals surface area contributed by atoms with E-state index in [0.717, 1.165) is 53.0 Å². The molecule has 0 spiro atoms. The van der Waals surface area contributed by atoms with Crippen LogP contribution in [0, 0.1) is 5.92 Å². The van der Waals surface area contributed by atoms with Crippen molar-refractivity contribution in [2.24, 2.45) is 5.92 Å². The normalized spacial score (nSPS) is 18.4. The summed E-state index contributed by atoms with van der Waals surface area (Å²) in [6, 6.07) is 34.3. The molecule has 0 aliphatic carbocycles. The van der Waals surface area contributed by atoms with Crippen LogP contribution in [0.15, 0.2) is 103 Å². The molecule has 6 nitrogen and oxygen atoms in total. The van der Waals surface area contributed by atoms with Crippen molar-refractivity contribution in [1.82, 2.24) is 10.2 Å². The highest BCUT2D eigenvalue weighted by Gasteiger charge is 2.39. The smallest absolute Gasteiger partial charge is 0.251 e. The van der Waals surface area contributed by atoms with Gasteiger partial charge in [-0.05, 0) is 65.9 Å². The molecule has 0 bridgehead atoms. The first-order chi connectivity index (χ1) is 27.0. The van der Waals surface area contributed by atoms with Crippen molar-refractivity contribution in [3.8, 4) is 11.1 Å². The minimum absolute atomic E-state index is 0.00456. The van der Waals surface area contributed by atoms with Gasteiger partial charge in [0.15, 0.2) is 6.29 Å². The highest BCUT2D eigenvalue weighted by molar-refractivity contribution is 5.94. The van der Waals surface area contributed by atoms with Crippen LogP contribution in [0.5, 0.6) is 0 Å². The maximum absolute atomic E-state index is 12.8. The largest absolute Gasteiger partial charge is 0.392 e. The Balaban J connectivity index is 1.32. The third-order valence-corrected chi connectivity index (χ3v) is 11.2. The van der Waals surface area contributed by atoms with Crippen LogP contribution in [-0.2, 0) is 22.6 Å². The molecule has 4 aromatic rings. The van der Waals surface area contributed by atoms with Crippen LogP contribution in [0.25, 0.3) is 11.1 Å². The molecule has 1 aliphatic rings. The van der Waals surface area contributed by atoms with E-state index in [9.17, 15) is 9.90 Å². The maximum atomic E-state index is 12.8. The summed E-state index contributed by atoms with van der Waals surface area (Å²) in [6.45, 7) is 10.4. The van der Waals surface area contributed by atoms with Gasteiger partial charge in [-0.3, -0.25) is 4.79 Å². The number of carbonyl (C=O) groups is 1. The fourth-order valence-electron chi connectivity index (χ4n) is 7.75. The molecule has 55 heavy (non-hydrogen) atoms. The molecule has 5 rings (SSSR count). The van der Waals surface area contributed by atoms with Gasteiger partial charge in [0.1, 0.15) is 0 Å². The van der Waals surface area contributed by atoms with Gasteiger partial charge in [0, 0.05) is 30.1 Å². The van der Waals surface area contributed by atoms with E-state index in [-0.39, 0.29) is 30.6 Å². The Morgan fingerprint density at radius 1 is 0.673 bits per heavy atom. The Kier molecular flexibility index (Phi) is 17.9. The number of aliphatic hydroxyl groups excluding tert-OH is 1. The van der Waals surface area contributed by atoms with Crippen LogP contribution in [0.2, 0.25) is 0 Å². The van der Waals surface area contributed by atoms with Crippen LogP contribution < -0.4 is 5.32 Å². The molecular formula is C49H66N2O4. The minimum Gasteiger partial charge on any atom is -0.392 e. The molecule has 0 saturated carbocycles. The number of amides is 1. The first kappa shape index (κ1) is 42.3. The number of aliphatic hydroxyl groups is 1. The van der Waals surface area contributed by atoms with Crippen molar-refractivity contribution in [1.29, 1.82) is 0 Å². The number of nitrogens with one attached hydrogen (secondary N) is 1. The summed E-state index contributed by atoms with van der Waals surface area (Å²) >= 11 is 0. The van der Waals surface area contributed by atoms with E-state index >= 15 is 0 Å². The van der Waals surface area contributed by atoms with Crippen LogP contribution in [0.3, 0.4) is 0 Å². The molecule has 0 radical (unpaired) electrons. The van der Waals surface area contributed by atoms with Gasteiger partial charge >= 0.3 is 0 Å². The summed E-state index contributed by atoms with van der Waals surface area (Å²) in [5.74, 6) is 0.0595. The van der Waals surface area contributed by atoms with E-state index < -0.39 is 6.29 Å². The van der Waals surface area contributed by atoms with Gasteiger partial charge in [0.2, 0.25) is 0 Å². The Hall–Kier alpha value is -3.81. The molecule has 2 N–H and O–H groups in total. The topological polar surface area (TPSA) is 71.0 Å². The van der Waals surface area contributed by atoms with Crippen molar-refractivity contribution in [2.45, 2.75) is 129 Å². The number of hydrogen-bond donors (Lipinski definition) is 2. The zero-order chi connectivity index (χ0) is 38.7. The van der Waals surface area contributed by atoms with Gasteiger partial charge in [-0.15, -0.1) is 0 Å². The molecular weight excluding hydrogens is 681 g/mol. The standard InChI is InChI=1S/C49H66N2O4/c1-4-6-8-10-12-19-33-51(34-20-13-11-9-7-5-2)36-46-38(3)47(41-27-25-39(37-52)26-28-41)55-49(54-46)43-31-29-40(30-32-43)45-24-18-17-23-44(45)35-50-48(53)42-21-15-14-16-22-42/h14-18,21-32,38,46-47,49,52H,4-13,19-20,33-37H2,1-3H3,(H,50,53)/t38-,46+,47+,49+/m0/s1. The van der Waals surface area contributed by atoms with Gasteiger partial charge in [0.25, 0.3) is 5.91 Å². The molecule has 296 valence electrons. The molecule has 1 aliphatic heterocycles. The lowest BCUT2D eigenvalue weighted by atomic mass is 9.89. The lowest BCUT2D eigenvalue weighted by molar-refractivity contribution is -0.276. The summed E-state index contributed by atoms with van der Waals surface area (Å²) in [7, 11) is 0. The van der Waals surface area contributed by atoms with Crippen LogP contribution in [0.1, 0.15) is 143 Å². The number of unbranched alkanes of at least 4 members (excludes halogenated alkanes) is 10. The Labute approximate surface area is 331 Å². The molecule has 1 fully saturated rings. The van der Waals surface area contributed by atoms with Gasteiger partial charge in [-0.25, -0.2) is 0 Å². The van der Waals surface area contributed by atoms with Crippen molar-refractivity contribution in [2.75, 3.05) is 19.6 Å². The van der Waals surface area contributed by atoms with E-state index in [2.05, 4.69) is 79.5 Å². The number of carbonyl (C=O) groups excluding carboxylic acids is 1. The Morgan fingerprint density at radius 3 is 1.89 bits per heavy atom. The van der Waals surface area contributed by atoms with Gasteiger partial charge in [0.05, 0.1) is 18.8 Å². The maximum Gasteiger partial charge on any atom is 0.251 e. The highest BCUT2D eigenvalue weighted by atomic mass is 16.7. The Morgan fingerprint density at radius 2 is 1.25 bits per heavy atom.